The van der Waals surface area contributed by atoms with Gasteiger partial charge < -0.3 is 19.3 Å². The number of aliphatic hydroxyl groups excluding tert-OH is 1. The van der Waals surface area contributed by atoms with Crippen LogP contribution in [-0.4, -0.2) is 31.2 Å². The first kappa shape index (κ1) is 16.0. The number of ether oxygens (including phenoxy) is 3. The predicted octanol–water partition coefficient (Wildman–Crippen LogP) is 2.83. The van der Waals surface area contributed by atoms with Crippen molar-refractivity contribution in [1.29, 1.82) is 0 Å². The fourth-order valence-corrected chi connectivity index (χ4v) is 1.77. The Balaban J connectivity index is 2.61. The molecule has 1 atom stereocenters. The highest BCUT2D eigenvalue weighted by molar-refractivity contribution is 5.36. The number of hydrogen-bond acceptors (Lipinski definition) is 4. The highest BCUT2D eigenvalue weighted by atomic mass is 16.7. The van der Waals surface area contributed by atoms with Crippen molar-refractivity contribution in [1.82, 2.24) is 0 Å². The van der Waals surface area contributed by atoms with E-state index in [4.69, 9.17) is 14.2 Å². The molecule has 0 aliphatic rings. The zero-order valence-corrected chi connectivity index (χ0v) is 12.2. The van der Waals surface area contributed by atoms with E-state index in [-0.39, 0.29) is 6.29 Å². The second-order valence-electron chi connectivity index (χ2n) is 4.35. The molecular weight excluding hydrogens is 244 g/mol. The lowest BCUT2D eigenvalue weighted by Gasteiger charge is -2.18. The summed E-state index contributed by atoms with van der Waals surface area (Å²) in [6, 6.07) is 5.66. The van der Waals surface area contributed by atoms with Gasteiger partial charge in [-0.25, -0.2) is 0 Å². The molecule has 0 aliphatic carbocycles. The number of benzene rings is 1. The fourth-order valence-electron chi connectivity index (χ4n) is 1.77. The molecule has 4 nitrogen and oxygen atoms in total. The van der Waals surface area contributed by atoms with Gasteiger partial charge in [0.1, 0.15) is 12.4 Å². The van der Waals surface area contributed by atoms with Crippen molar-refractivity contribution >= 4 is 0 Å². The van der Waals surface area contributed by atoms with Gasteiger partial charge >= 0.3 is 0 Å². The summed E-state index contributed by atoms with van der Waals surface area (Å²) in [4.78, 5) is 0. The zero-order valence-electron chi connectivity index (χ0n) is 12.2. The molecule has 1 aromatic carbocycles. The maximum Gasteiger partial charge on any atom is 0.191 e. The Bertz CT molecular complexity index is 370. The molecule has 0 amide bonds. The second-order valence-corrected chi connectivity index (χ2v) is 4.35. The maximum absolute atomic E-state index is 9.52. The smallest absolute Gasteiger partial charge is 0.191 e. The SMILES string of the molecule is CCOC(COc1ccc([C@@H](C)O)cc1C)OCC. The van der Waals surface area contributed by atoms with Gasteiger partial charge in [0.25, 0.3) is 0 Å². The molecular formula is C15H24O4. The van der Waals surface area contributed by atoms with Crippen molar-refractivity contribution < 1.29 is 19.3 Å². The third-order valence-electron chi connectivity index (χ3n) is 2.76. The summed E-state index contributed by atoms with van der Waals surface area (Å²) in [6.07, 6.45) is -0.807. The van der Waals surface area contributed by atoms with E-state index in [1.165, 1.54) is 0 Å². The Morgan fingerprint density at radius 1 is 1.16 bits per heavy atom. The molecule has 0 saturated heterocycles. The Kier molecular flexibility index (Phi) is 6.84. The maximum atomic E-state index is 9.52. The molecule has 0 spiro atoms. The van der Waals surface area contributed by atoms with Crippen molar-refractivity contribution in [3.63, 3.8) is 0 Å². The predicted molar refractivity (Wildman–Crippen MR) is 74.3 cm³/mol. The third-order valence-corrected chi connectivity index (χ3v) is 2.76. The molecule has 0 saturated carbocycles. The summed E-state index contributed by atoms with van der Waals surface area (Å²) < 4.78 is 16.5. The first-order valence-electron chi connectivity index (χ1n) is 6.73. The minimum absolute atomic E-state index is 0.342. The Morgan fingerprint density at radius 2 is 1.79 bits per heavy atom. The van der Waals surface area contributed by atoms with Gasteiger partial charge in [-0.05, 0) is 51.0 Å². The van der Waals surface area contributed by atoms with E-state index in [0.29, 0.717) is 19.8 Å². The lowest BCUT2D eigenvalue weighted by atomic mass is 10.1. The Labute approximate surface area is 115 Å². The normalized spacial score (nSPS) is 12.7. The average Bonchev–Trinajstić information content (AvgIpc) is 2.37. The first-order valence-corrected chi connectivity index (χ1v) is 6.73. The van der Waals surface area contributed by atoms with Crippen LogP contribution in [0.5, 0.6) is 5.75 Å². The van der Waals surface area contributed by atoms with E-state index < -0.39 is 6.10 Å². The van der Waals surface area contributed by atoms with Crippen LogP contribution in [0.2, 0.25) is 0 Å². The quantitative estimate of drug-likeness (QED) is 0.736. The molecule has 0 heterocycles. The van der Waals surface area contributed by atoms with E-state index in [1.54, 1.807) is 6.92 Å². The van der Waals surface area contributed by atoms with Crippen molar-refractivity contribution in [2.45, 2.75) is 40.1 Å². The molecule has 0 bridgehead atoms. The van der Waals surface area contributed by atoms with Gasteiger partial charge in [0.05, 0.1) is 6.10 Å². The minimum Gasteiger partial charge on any atom is -0.488 e. The van der Waals surface area contributed by atoms with Crippen LogP contribution in [0.3, 0.4) is 0 Å². The lowest BCUT2D eigenvalue weighted by Crippen LogP contribution is -2.25. The number of rotatable bonds is 8. The molecule has 0 unspecified atom stereocenters. The summed E-state index contributed by atoms with van der Waals surface area (Å²) in [5.74, 6) is 0.786. The lowest BCUT2D eigenvalue weighted by molar-refractivity contribution is -0.152. The summed E-state index contributed by atoms with van der Waals surface area (Å²) in [5.41, 5.74) is 1.88. The van der Waals surface area contributed by atoms with Gasteiger partial charge in [0.2, 0.25) is 0 Å². The molecule has 0 radical (unpaired) electrons. The van der Waals surface area contributed by atoms with E-state index in [0.717, 1.165) is 16.9 Å². The average molecular weight is 268 g/mol. The fraction of sp³-hybridized carbons (Fsp3) is 0.600. The molecule has 1 aromatic rings. The van der Waals surface area contributed by atoms with Gasteiger partial charge in [-0.15, -0.1) is 0 Å². The van der Waals surface area contributed by atoms with Gasteiger partial charge in [-0.3, -0.25) is 0 Å². The van der Waals surface area contributed by atoms with Crippen LogP contribution >= 0.6 is 0 Å². The number of aliphatic hydroxyl groups is 1. The number of aryl methyl sites for hydroxylation is 1. The highest BCUT2D eigenvalue weighted by Gasteiger charge is 2.11. The first-order chi connectivity index (χ1) is 9.08. The minimum atomic E-state index is -0.465. The van der Waals surface area contributed by atoms with Crippen LogP contribution in [0.4, 0.5) is 0 Å². The molecule has 4 heteroatoms. The van der Waals surface area contributed by atoms with E-state index in [2.05, 4.69) is 0 Å². The molecule has 0 aliphatic heterocycles. The summed E-state index contributed by atoms with van der Waals surface area (Å²) >= 11 is 0. The van der Waals surface area contributed by atoms with Crippen molar-refractivity contribution in [2.24, 2.45) is 0 Å². The van der Waals surface area contributed by atoms with Crippen molar-refractivity contribution in [3.05, 3.63) is 29.3 Å². The van der Waals surface area contributed by atoms with Crippen molar-refractivity contribution in [2.75, 3.05) is 19.8 Å². The number of hydrogen-bond donors (Lipinski definition) is 1. The van der Waals surface area contributed by atoms with Crippen molar-refractivity contribution in [3.8, 4) is 5.75 Å². The molecule has 1 rings (SSSR count). The molecule has 0 aromatic heterocycles. The van der Waals surface area contributed by atoms with Crippen LogP contribution in [0.15, 0.2) is 18.2 Å². The van der Waals surface area contributed by atoms with Crippen LogP contribution in [0, 0.1) is 6.92 Å². The Morgan fingerprint density at radius 3 is 2.26 bits per heavy atom. The van der Waals surface area contributed by atoms with Gasteiger partial charge in [0, 0.05) is 13.2 Å². The molecule has 19 heavy (non-hydrogen) atoms. The summed E-state index contributed by atoms with van der Waals surface area (Å²) in [7, 11) is 0. The van der Waals surface area contributed by atoms with Crippen LogP contribution < -0.4 is 4.74 Å². The largest absolute Gasteiger partial charge is 0.488 e. The second kappa shape index (κ2) is 8.15. The highest BCUT2D eigenvalue weighted by Crippen LogP contribution is 2.22. The monoisotopic (exact) mass is 268 g/mol. The van der Waals surface area contributed by atoms with Gasteiger partial charge in [-0.1, -0.05) is 6.07 Å². The van der Waals surface area contributed by atoms with Crippen LogP contribution in [-0.2, 0) is 9.47 Å². The van der Waals surface area contributed by atoms with Gasteiger partial charge in [0.15, 0.2) is 6.29 Å². The standard InChI is InChI=1S/C15H24O4/c1-5-17-15(18-6-2)10-19-14-8-7-13(12(4)16)9-11(14)3/h7-9,12,15-16H,5-6,10H2,1-4H3/t12-/m1/s1. The summed E-state index contributed by atoms with van der Waals surface area (Å²) in [5, 5.41) is 9.52. The van der Waals surface area contributed by atoms with Gasteiger partial charge in [-0.2, -0.15) is 0 Å². The van der Waals surface area contributed by atoms with E-state index >= 15 is 0 Å². The van der Waals surface area contributed by atoms with Crippen LogP contribution in [0.25, 0.3) is 0 Å². The topological polar surface area (TPSA) is 47.9 Å². The van der Waals surface area contributed by atoms with E-state index in [1.807, 2.05) is 39.0 Å². The van der Waals surface area contributed by atoms with E-state index in [9.17, 15) is 5.11 Å². The molecule has 108 valence electrons. The zero-order chi connectivity index (χ0) is 14.3. The van der Waals surface area contributed by atoms with Crippen LogP contribution in [0.1, 0.15) is 38.0 Å². The molecule has 0 fully saturated rings. The molecule has 1 N–H and O–H groups in total. The summed E-state index contributed by atoms with van der Waals surface area (Å²) in [6.45, 7) is 9.09. The third kappa shape index (κ3) is 5.19. The Hall–Kier alpha value is -1.10.